The maximum atomic E-state index is 9.69. The Bertz CT molecular complexity index is 261. The smallest absolute Gasteiger partial charge is 0.180 e. The molecule has 1 aromatic rings. The Morgan fingerprint density at radius 2 is 2.36 bits per heavy atom. The van der Waals surface area contributed by atoms with Gasteiger partial charge in [0.2, 0.25) is 0 Å². The van der Waals surface area contributed by atoms with Gasteiger partial charge in [-0.05, 0) is 12.8 Å². The first kappa shape index (κ1) is 9.68. The second kappa shape index (κ2) is 4.57. The second-order valence-corrected chi connectivity index (χ2v) is 3.82. The topological polar surface area (TPSA) is 58.3 Å². The highest BCUT2D eigenvalue weighted by Gasteiger charge is 2.22. The predicted octanol–water partition coefficient (Wildman–Crippen LogP) is 1.07. The van der Waals surface area contributed by atoms with Gasteiger partial charge in [-0.3, -0.25) is 0 Å². The molecule has 0 radical (unpaired) electrons. The average Bonchev–Trinajstić information content (AvgIpc) is 2.69. The van der Waals surface area contributed by atoms with Crippen molar-refractivity contribution in [1.29, 1.82) is 0 Å². The summed E-state index contributed by atoms with van der Waals surface area (Å²) in [4.78, 5) is 4.01. The third-order valence-corrected chi connectivity index (χ3v) is 2.76. The minimum Gasteiger partial charge on any atom is -0.451 e. The van der Waals surface area contributed by atoms with Crippen molar-refractivity contribution < 1.29 is 9.52 Å². The van der Waals surface area contributed by atoms with Crippen molar-refractivity contribution in [2.45, 2.75) is 44.4 Å². The molecule has 1 aliphatic rings. The van der Waals surface area contributed by atoms with Gasteiger partial charge in [-0.25, -0.2) is 4.98 Å². The van der Waals surface area contributed by atoms with Crippen molar-refractivity contribution in [3.8, 4) is 0 Å². The molecule has 4 heteroatoms. The van der Waals surface area contributed by atoms with E-state index in [1.807, 2.05) is 0 Å². The number of aliphatic hydroxyl groups excluding tert-OH is 1. The minimum absolute atomic E-state index is 0.198. The highest BCUT2D eigenvalue weighted by molar-refractivity contribution is 4.92. The molecular weight excluding hydrogens is 180 g/mol. The van der Waals surface area contributed by atoms with Gasteiger partial charge in [0.05, 0.1) is 11.8 Å². The number of nitrogens with one attached hydrogen (secondary N) is 1. The molecule has 2 rings (SSSR count). The number of nitrogens with zero attached hydrogens (tertiary/aromatic N) is 1. The van der Waals surface area contributed by atoms with Crippen LogP contribution in [-0.4, -0.2) is 22.2 Å². The lowest BCUT2D eigenvalue weighted by atomic mass is 9.92. The summed E-state index contributed by atoms with van der Waals surface area (Å²) in [5, 5.41) is 13.0. The fourth-order valence-electron chi connectivity index (χ4n) is 1.91. The van der Waals surface area contributed by atoms with Crippen molar-refractivity contribution in [2.24, 2.45) is 0 Å². The molecule has 1 fully saturated rings. The van der Waals surface area contributed by atoms with E-state index in [1.165, 1.54) is 12.8 Å². The lowest BCUT2D eigenvalue weighted by Crippen LogP contribution is -2.41. The molecule has 1 aliphatic carbocycles. The Morgan fingerprint density at radius 3 is 3.07 bits per heavy atom. The highest BCUT2D eigenvalue weighted by atomic mass is 16.3. The van der Waals surface area contributed by atoms with E-state index in [2.05, 4.69) is 10.3 Å². The number of hydrogen-bond acceptors (Lipinski definition) is 4. The van der Waals surface area contributed by atoms with Gasteiger partial charge in [0.25, 0.3) is 0 Å². The number of rotatable bonds is 3. The Morgan fingerprint density at radius 1 is 1.50 bits per heavy atom. The zero-order valence-electron chi connectivity index (χ0n) is 8.15. The molecule has 0 amide bonds. The second-order valence-electron chi connectivity index (χ2n) is 3.82. The van der Waals surface area contributed by atoms with Gasteiger partial charge in [0.1, 0.15) is 6.26 Å². The van der Waals surface area contributed by atoms with Crippen LogP contribution in [0.3, 0.4) is 0 Å². The maximum Gasteiger partial charge on any atom is 0.180 e. The van der Waals surface area contributed by atoms with Crippen LogP contribution in [0.25, 0.3) is 0 Å². The summed E-state index contributed by atoms with van der Waals surface area (Å²) in [5.74, 6) is 0. The van der Waals surface area contributed by atoms with Gasteiger partial charge in [0, 0.05) is 12.6 Å². The maximum absolute atomic E-state index is 9.69. The molecule has 0 spiro atoms. The van der Waals surface area contributed by atoms with Crippen molar-refractivity contribution in [3.63, 3.8) is 0 Å². The Kier molecular flexibility index (Phi) is 3.16. The van der Waals surface area contributed by atoms with Gasteiger partial charge in [-0.1, -0.05) is 12.8 Å². The van der Waals surface area contributed by atoms with Crippen molar-refractivity contribution in [2.75, 3.05) is 0 Å². The summed E-state index contributed by atoms with van der Waals surface area (Å²) in [6.45, 7) is 0.679. The Balaban J connectivity index is 1.79. The summed E-state index contributed by atoms with van der Waals surface area (Å²) >= 11 is 0. The van der Waals surface area contributed by atoms with Gasteiger partial charge >= 0.3 is 0 Å². The van der Waals surface area contributed by atoms with Crippen molar-refractivity contribution in [1.82, 2.24) is 10.3 Å². The van der Waals surface area contributed by atoms with Crippen LogP contribution >= 0.6 is 0 Å². The molecule has 0 aromatic carbocycles. The summed E-state index contributed by atoms with van der Waals surface area (Å²) < 4.78 is 4.87. The zero-order valence-corrected chi connectivity index (χ0v) is 8.15. The zero-order chi connectivity index (χ0) is 9.80. The number of aromatic nitrogens is 1. The normalized spacial score (nSPS) is 27.8. The monoisotopic (exact) mass is 196 g/mol. The van der Waals surface area contributed by atoms with E-state index in [9.17, 15) is 5.11 Å². The van der Waals surface area contributed by atoms with Gasteiger partial charge in [-0.2, -0.15) is 0 Å². The van der Waals surface area contributed by atoms with E-state index in [0.717, 1.165) is 25.0 Å². The summed E-state index contributed by atoms with van der Waals surface area (Å²) in [6.07, 6.45) is 7.17. The molecule has 1 heterocycles. The van der Waals surface area contributed by atoms with E-state index in [-0.39, 0.29) is 12.1 Å². The van der Waals surface area contributed by atoms with Gasteiger partial charge < -0.3 is 14.8 Å². The third kappa shape index (κ3) is 2.33. The molecule has 4 nitrogen and oxygen atoms in total. The first-order chi connectivity index (χ1) is 6.86. The third-order valence-electron chi connectivity index (χ3n) is 2.76. The van der Waals surface area contributed by atoms with Gasteiger partial charge in [-0.15, -0.1) is 0 Å². The van der Waals surface area contributed by atoms with E-state index in [0.29, 0.717) is 6.54 Å². The van der Waals surface area contributed by atoms with E-state index >= 15 is 0 Å². The largest absolute Gasteiger partial charge is 0.451 e. The molecule has 0 saturated heterocycles. The predicted molar refractivity (Wildman–Crippen MR) is 51.6 cm³/mol. The SMILES string of the molecule is O[C@@H]1CCCC[C@@H]1NCc1cocn1. The van der Waals surface area contributed by atoms with E-state index in [4.69, 9.17) is 4.42 Å². The van der Waals surface area contributed by atoms with E-state index < -0.39 is 0 Å². The van der Waals surface area contributed by atoms with Crippen molar-refractivity contribution in [3.05, 3.63) is 18.4 Å². The van der Waals surface area contributed by atoms with Crippen LogP contribution in [0.15, 0.2) is 17.1 Å². The van der Waals surface area contributed by atoms with Crippen LogP contribution in [0.1, 0.15) is 31.4 Å². The number of aliphatic hydroxyl groups is 1. The van der Waals surface area contributed by atoms with Crippen LogP contribution in [0.4, 0.5) is 0 Å². The van der Waals surface area contributed by atoms with Crippen molar-refractivity contribution >= 4 is 0 Å². The Labute approximate surface area is 83.3 Å². The first-order valence-electron chi connectivity index (χ1n) is 5.15. The number of hydrogen-bond donors (Lipinski definition) is 2. The van der Waals surface area contributed by atoms with Crippen LogP contribution in [0.5, 0.6) is 0 Å². The molecule has 0 unspecified atom stereocenters. The number of oxazole rings is 1. The van der Waals surface area contributed by atoms with Gasteiger partial charge in [0.15, 0.2) is 6.39 Å². The Hall–Kier alpha value is -0.870. The fraction of sp³-hybridized carbons (Fsp3) is 0.700. The molecule has 1 aromatic heterocycles. The van der Waals surface area contributed by atoms with Crippen LogP contribution in [0.2, 0.25) is 0 Å². The highest BCUT2D eigenvalue weighted by Crippen LogP contribution is 2.18. The molecule has 14 heavy (non-hydrogen) atoms. The summed E-state index contributed by atoms with van der Waals surface area (Å²) in [6, 6.07) is 0.223. The summed E-state index contributed by atoms with van der Waals surface area (Å²) in [7, 11) is 0. The molecular formula is C10H16N2O2. The molecule has 2 atom stereocenters. The van der Waals surface area contributed by atoms with E-state index in [1.54, 1.807) is 6.26 Å². The molecule has 78 valence electrons. The quantitative estimate of drug-likeness (QED) is 0.759. The molecule has 0 aliphatic heterocycles. The van der Waals surface area contributed by atoms with Crippen LogP contribution in [0, 0.1) is 0 Å². The lowest BCUT2D eigenvalue weighted by molar-refractivity contribution is 0.0901. The minimum atomic E-state index is -0.198. The van der Waals surface area contributed by atoms with Crippen LogP contribution < -0.4 is 5.32 Å². The first-order valence-corrected chi connectivity index (χ1v) is 5.15. The van der Waals surface area contributed by atoms with Crippen LogP contribution in [-0.2, 0) is 6.54 Å². The molecule has 0 bridgehead atoms. The fourth-order valence-corrected chi connectivity index (χ4v) is 1.91. The molecule has 1 saturated carbocycles. The molecule has 2 N–H and O–H groups in total. The summed E-state index contributed by atoms with van der Waals surface area (Å²) in [5.41, 5.74) is 0.891. The lowest BCUT2D eigenvalue weighted by Gasteiger charge is -2.28. The standard InChI is InChI=1S/C10H16N2O2/c13-10-4-2-1-3-9(10)11-5-8-6-14-7-12-8/h6-7,9-11,13H,1-5H2/t9-,10+/m0/s1. The average molecular weight is 196 g/mol.